The van der Waals surface area contributed by atoms with Crippen molar-refractivity contribution >= 4 is 23.2 Å². The number of hydrogen-bond donors (Lipinski definition) is 1. The van der Waals surface area contributed by atoms with Gasteiger partial charge in [-0.3, -0.25) is 9.48 Å². The molecule has 1 unspecified atom stereocenters. The largest absolute Gasteiger partial charge is 0.433 e. The van der Waals surface area contributed by atoms with E-state index in [4.69, 9.17) is 11.6 Å². The Balaban J connectivity index is 2.12. The zero-order chi connectivity index (χ0) is 18.7. The van der Waals surface area contributed by atoms with Crippen molar-refractivity contribution in [2.45, 2.75) is 40.9 Å². The van der Waals surface area contributed by atoms with Gasteiger partial charge in [-0.15, -0.1) is 0 Å². The zero-order valence-electron chi connectivity index (χ0n) is 14.4. The first-order valence-electron chi connectivity index (χ1n) is 7.75. The van der Waals surface area contributed by atoms with Crippen LogP contribution < -0.4 is 10.1 Å². The van der Waals surface area contributed by atoms with Gasteiger partial charge in [-0.2, -0.15) is 13.9 Å². The molecule has 0 radical (unpaired) electrons. The highest BCUT2D eigenvalue weighted by Crippen LogP contribution is 2.28. The number of ether oxygens (including phenoxy) is 1. The van der Waals surface area contributed by atoms with Crippen LogP contribution in [0.2, 0.25) is 5.02 Å². The van der Waals surface area contributed by atoms with Crippen molar-refractivity contribution < 1.29 is 18.3 Å². The van der Waals surface area contributed by atoms with Crippen molar-refractivity contribution in [1.82, 2.24) is 9.78 Å². The second-order valence-electron chi connectivity index (χ2n) is 5.94. The van der Waals surface area contributed by atoms with E-state index in [9.17, 15) is 13.6 Å². The Labute approximate surface area is 149 Å². The van der Waals surface area contributed by atoms with E-state index in [-0.39, 0.29) is 17.3 Å². The molecular weight excluding hydrogens is 352 g/mol. The number of nitrogens with zero attached hydrogens (tertiary/aromatic N) is 2. The maximum absolute atomic E-state index is 12.5. The van der Waals surface area contributed by atoms with E-state index < -0.39 is 12.5 Å². The molecular formula is C17H20ClF2N3O2. The van der Waals surface area contributed by atoms with Gasteiger partial charge in [0.25, 0.3) is 0 Å². The van der Waals surface area contributed by atoms with E-state index in [2.05, 4.69) is 15.2 Å². The lowest BCUT2D eigenvalue weighted by Gasteiger charge is -2.16. The molecule has 2 rings (SSSR count). The minimum absolute atomic E-state index is 0.0651. The van der Waals surface area contributed by atoms with E-state index >= 15 is 0 Å². The van der Waals surface area contributed by atoms with Crippen molar-refractivity contribution in [2.24, 2.45) is 5.92 Å². The van der Waals surface area contributed by atoms with Crippen LogP contribution in [0.3, 0.4) is 0 Å². The number of carbonyl (C=O) groups excluding carboxylic acids is 1. The van der Waals surface area contributed by atoms with Gasteiger partial charge >= 0.3 is 6.61 Å². The Morgan fingerprint density at radius 3 is 2.60 bits per heavy atom. The summed E-state index contributed by atoms with van der Waals surface area (Å²) in [4.78, 5) is 12.4. The lowest BCUT2D eigenvalue weighted by molar-refractivity contribution is -0.119. The Bertz CT molecular complexity index is 777. The second-order valence-corrected chi connectivity index (χ2v) is 6.31. The summed E-state index contributed by atoms with van der Waals surface area (Å²) in [6.45, 7) is 4.44. The van der Waals surface area contributed by atoms with E-state index in [1.807, 2.05) is 6.92 Å². The Hall–Kier alpha value is -2.15. The van der Waals surface area contributed by atoms with E-state index in [0.29, 0.717) is 17.3 Å². The number of nitrogens with one attached hydrogen (secondary N) is 1. The highest BCUT2D eigenvalue weighted by atomic mass is 35.5. The first-order chi connectivity index (χ1) is 11.7. The maximum atomic E-state index is 12.5. The lowest BCUT2D eigenvalue weighted by atomic mass is 10.1. The van der Waals surface area contributed by atoms with Crippen molar-refractivity contribution in [3.8, 4) is 5.75 Å². The monoisotopic (exact) mass is 371 g/mol. The predicted molar refractivity (Wildman–Crippen MR) is 92.3 cm³/mol. The fraction of sp³-hybridized carbons (Fsp3) is 0.412. The first-order valence-corrected chi connectivity index (χ1v) is 8.12. The lowest BCUT2D eigenvalue weighted by Crippen LogP contribution is -2.25. The molecule has 0 aliphatic carbocycles. The van der Waals surface area contributed by atoms with Crippen LogP contribution in [0.15, 0.2) is 18.2 Å². The van der Waals surface area contributed by atoms with Gasteiger partial charge in [0.1, 0.15) is 5.75 Å². The number of alkyl halides is 2. The number of rotatable bonds is 6. The molecule has 0 aliphatic heterocycles. The molecule has 0 bridgehead atoms. The normalized spacial score (nSPS) is 12.3. The number of carbonyl (C=O) groups is 1. The van der Waals surface area contributed by atoms with Crippen molar-refractivity contribution in [1.29, 1.82) is 0 Å². The average Bonchev–Trinajstić information content (AvgIpc) is 2.76. The molecule has 1 heterocycles. The molecule has 25 heavy (non-hydrogen) atoms. The Morgan fingerprint density at radius 2 is 2.04 bits per heavy atom. The minimum Gasteiger partial charge on any atom is -0.433 e. The molecule has 1 N–H and O–H groups in total. The van der Waals surface area contributed by atoms with Gasteiger partial charge in [0.05, 0.1) is 34.6 Å². The van der Waals surface area contributed by atoms with E-state index in [1.165, 1.54) is 12.1 Å². The van der Waals surface area contributed by atoms with Crippen molar-refractivity contribution in [3.05, 3.63) is 40.2 Å². The third-order valence-corrected chi connectivity index (χ3v) is 4.35. The third-order valence-electron chi connectivity index (χ3n) is 3.80. The van der Waals surface area contributed by atoms with Gasteiger partial charge in [-0.25, -0.2) is 0 Å². The molecule has 1 aromatic carbocycles. The molecule has 8 heteroatoms. The number of halogens is 3. The maximum Gasteiger partial charge on any atom is 0.387 e. The van der Waals surface area contributed by atoms with Crippen molar-refractivity contribution in [2.75, 3.05) is 5.32 Å². The summed E-state index contributed by atoms with van der Waals surface area (Å²) in [5.74, 6) is -0.842. The minimum atomic E-state index is -2.97. The van der Waals surface area contributed by atoms with Crippen molar-refractivity contribution in [3.63, 3.8) is 0 Å². The zero-order valence-corrected chi connectivity index (χ0v) is 15.2. The van der Waals surface area contributed by atoms with Crippen LogP contribution in [0, 0.1) is 26.7 Å². The van der Waals surface area contributed by atoms with Crippen LogP contribution in [0.1, 0.15) is 23.9 Å². The summed E-state index contributed by atoms with van der Waals surface area (Å²) in [6.07, 6.45) is 0. The molecule has 5 nitrogen and oxygen atoms in total. The number of aryl methyl sites for hydroxylation is 2. The molecule has 0 saturated heterocycles. The highest BCUT2D eigenvalue weighted by molar-refractivity contribution is 6.31. The summed E-state index contributed by atoms with van der Waals surface area (Å²) < 4.78 is 31.2. The molecule has 1 aromatic heterocycles. The van der Waals surface area contributed by atoms with Gasteiger partial charge in [0.2, 0.25) is 5.91 Å². The Kier molecular flexibility index (Phi) is 6.00. The fourth-order valence-electron chi connectivity index (χ4n) is 2.38. The highest BCUT2D eigenvalue weighted by Gasteiger charge is 2.19. The number of hydrogen-bond acceptors (Lipinski definition) is 3. The third kappa shape index (κ3) is 4.69. The molecule has 2 aromatic rings. The van der Waals surface area contributed by atoms with Gasteiger partial charge in [-0.1, -0.05) is 24.6 Å². The summed E-state index contributed by atoms with van der Waals surface area (Å²) in [6, 6.07) is 4.70. The molecule has 1 amide bonds. The molecule has 0 fully saturated rings. The molecule has 136 valence electrons. The summed E-state index contributed by atoms with van der Waals surface area (Å²) in [7, 11) is 0. The molecule has 1 atom stereocenters. The van der Waals surface area contributed by atoms with Gasteiger partial charge in [-0.05, 0) is 38.5 Å². The Morgan fingerprint density at radius 1 is 1.36 bits per heavy atom. The summed E-state index contributed by atoms with van der Waals surface area (Å²) in [5.41, 5.74) is 2.42. The van der Waals surface area contributed by atoms with Gasteiger partial charge < -0.3 is 10.1 Å². The number of benzene rings is 1. The van der Waals surface area contributed by atoms with Crippen LogP contribution in [0.4, 0.5) is 14.5 Å². The molecule has 0 saturated carbocycles. The van der Waals surface area contributed by atoms with Crippen LogP contribution in [0.25, 0.3) is 0 Å². The van der Waals surface area contributed by atoms with E-state index in [1.54, 1.807) is 31.5 Å². The fourth-order valence-corrected chi connectivity index (χ4v) is 2.51. The van der Waals surface area contributed by atoms with Crippen LogP contribution in [-0.2, 0) is 11.3 Å². The number of amides is 1. The van der Waals surface area contributed by atoms with E-state index in [0.717, 1.165) is 11.3 Å². The molecule has 0 aliphatic rings. The standard InChI is InChI=1S/C17H20ClF2N3O2/c1-9-5-6-13(14(7-9)25-17(19)20)21-16(24)10(2)8-23-12(4)15(18)11(3)22-23/h5-7,10,17H,8H2,1-4H3,(H,21,24). The smallest absolute Gasteiger partial charge is 0.387 e. The second kappa shape index (κ2) is 7.82. The van der Waals surface area contributed by atoms with Gasteiger partial charge in [0.15, 0.2) is 0 Å². The quantitative estimate of drug-likeness (QED) is 0.821. The average molecular weight is 372 g/mol. The summed E-state index contributed by atoms with van der Waals surface area (Å²) >= 11 is 6.10. The van der Waals surface area contributed by atoms with Gasteiger partial charge in [0, 0.05) is 0 Å². The number of anilines is 1. The number of aromatic nitrogens is 2. The summed E-state index contributed by atoms with van der Waals surface area (Å²) in [5, 5.41) is 7.49. The SMILES string of the molecule is Cc1ccc(NC(=O)C(C)Cn2nc(C)c(Cl)c2C)c(OC(F)F)c1. The van der Waals surface area contributed by atoms with Crippen LogP contribution in [-0.4, -0.2) is 22.3 Å². The predicted octanol–water partition coefficient (Wildman–Crippen LogP) is 4.34. The van der Waals surface area contributed by atoms with Crippen LogP contribution >= 0.6 is 11.6 Å². The first kappa shape index (κ1) is 19.2. The topological polar surface area (TPSA) is 56.2 Å². The molecule has 0 spiro atoms. The van der Waals surface area contributed by atoms with Crippen LogP contribution in [0.5, 0.6) is 5.75 Å².